The minimum Gasteiger partial charge on any atom is -0.486 e. The van der Waals surface area contributed by atoms with Crippen LogP contribution in [-0.4, -0.2) is 80.8 Å². The largest absolute Gasteiger partial charge is 0.486 e. The van der Waals surface area contributed by atoms with E-state index in [1.165, 1.54) is 0 Å². The lowest BCUT2D eigenvalue weighted by Crippen LogP contribution is -2.50. The fourth-order valence-electron chi connectivity index (χ4n) is 4.08. The SMILES string of the molecule is CN1CCC(N(C)C(=O)NC2CC(=O)N(c3ccc4c(c3)OCCO4)C2)CC1. The predicted molar refractivity (Wildman–Crippen MR) is 105 cm³/mol. The number of carbonyl (C=O) groups excluding carboxylic acids is 2. The van der Waals surface area contributed by atoms with E-state index in [2.05, 4.69) is 17.3 Å². The first-order valence-corrected chi connectivity index (χ1v) is 9.93. The molecule has 0 saturated carbocycles. The third-order valence-corrected chi connectivity index (χ3v) is 5.85. The van der Waals surface area contributed by atoms with Crippen LogP contribution in [0.25, 0.3) is 0 Å². The fraction of sp³-hybridized carbons (Fsp3) is 0.600. The Labute approximate surface area is 165 Å². The molecule has 1 aromatic rings. The maximum Gasteiger partial charge on any atom is 0.317 e. The molecule has 1 unspecified atom stereocenters. The average molecular weight is 388 g/mol. The molecule has 0 aliphatic carbocycles. The van der Waals surface area contributed by atoms with E-state index in [9.17, 15) is 9.59 Å². The van der Waals surface area contributed by atoms with Gasteiger partial charge in [0.15, 0.2) is 11.5 Å². The molecular weight excluding hydrogens is 360 g/mol. The zero-order valence-corrected chi connectivity index (χ0v) is 16.5. The lowest BCUT2D eigenvalue weighted by molar-refractivity contribution is -0.117. The Balaban J connectivity index is 1.36. The van der Waals surface area contributed by atoms with Gasteiger partial charge in [-0.25, -0.2) is 4.79 Å². The number of ether oxygens (including phenoxy) is 2. The predicted octanol–water partition coefficient (Wildman–Crippen LogP) is 1.30. The van der Waals surface area contributed by atoms with Crippen molar-refractivity contribution in [3.05, 3.63) is 18.2 Å². The first kappa shape index (κ1) is 18.9. The van der Waals surface area contributed by atoms with Crippen molar-refractivity contribution in [3.63, 3.8) is 0 Å². The van der Waals surface area contributed by atoms with E-state index in [4.69, 9.17) is 9.47 Å². The number of carbonyl (C=O) groups is 2. The number of anilines is 1. The van der Waals surface area contributed by atoms with Crippen LogP contribution in [0.5, 0.6) is 11.5 Å². The highest BCUT2D eigenvalue weighted by Crippen LogP contribution is 2.35. The maximum absolute atomic E-state index is 12.7. The van der Waals surface area contributed by atoms with Crippen LogP contribution in [-0.2, 0) is 4.79 Å². The van der Waals surface area contributed by atoms with Crippen molar-refractivity contribution in [2.75, 3.05) is 51.8 Å². The zero-order valence-electron chi connectivity index (χ0n) is 16.5. The van der Waals surface area contributed by atoms with Crippen LogP contribution < -0.4 is 19.7 Å². The summed E-state index contributed by atoms with van der Waals surface area (Å²) in [5.41, 5.74) is 0.773. The van der Waals surface area contributed by atoms with Crippen LogP contribution in [0.15, 0.2) is 18.2 Å². The van der Waals surface area contributed by atoms with Crippen molar-refractivity contribution in [2.24, 2.45) is 0 Å². The van der Waals surface area contributed by atoms with Gasteiger partial charge in [0.2, 0.25) is 5.91 Å². The molecule has 0 spiro atoms. The lowest BCUT2D eigenvalue weighted by Gasteiger charge is -2.35. The number of benzene rings is 1. The number of likely N-dealkylation sites (tertiary alicyclic amines) is 1. The van der Waals surface area contributed by atoms with Gasteiger partial charge in [-0.15, -0.1) is 0 Å². The number of nitrogens with zero attached hydrogens (tertiary/aromatic N) is 3. The molecule has 0 aromatic heterocycles. The van der Waals surface area contributed by atoms with E-state index < -0.39 is 0 Å². The van der Waals surface area contributed by atoms with E-state index >= 15 is 0 Å². The Bertz CT molecular complexity index is 748. The summed E-state index contributed by atoms with van der Waals surface area (Å²) in [6.45, 7) is 3.51. The molecule has 1 atom stereocenters. The van der Waals surface area contributed by atoms with Crippen molar-refractivity contribution in [1.82, 2.24) is 15.1 Å². The second-order valence-electron chi connectivity index (χ2n) is 7.83. The summed E-state index contributed by atoms with van der Waals surface area (Å²) in [5, 5.41) is 3.03. The number of rotatable bonds is 3. The molecule has 1 aromatic carbocycles. The van der Waals surface area contributed by atoms with Gasteiger partial charge in [-0.3, -0.25) is 4.79 Å². The number of hydrogen-bond donors (Lipinski definition) is 1. The van der Waals surface area contributed by atoms with Gasteiger partial charge < -0.3 is 29.5 Å². The third-order valence-electron chi connectivity index (χ3n) is 5.85. The number of nitrogens with one attached hydrogen (secondary N) is 1. The van der Waals surface area contributed by atoms with Crippen LogP contribution >= 0.6 is 0 Å². The highest BCUT2D eigenvalue weighted by Gasteiger charge is 2.34. The summed E-state index contributed by atoms with van der Waals surface area (Å²) in [4.78, 5) is 31.0. The van der Waals surface area contributed by atoms with Gasteiger partial charge in [0.05, 0.1) is 6.04 Å². The standard InChI is InChI=1S/C20H28N4O4/c1-22-7-5-15(6-8-22)23(2)20(26)21-14-11-19(25)24(13-14)16-3-4-17-18(12-16)28-10-9-27-17/h3-4,12,14-15H,5-11,13H2,1-2H3,(H,21,26). The number of amides is 3. The van der Waals surface area contributed by atoms with Crippen LogP contribution in [0.3, 0.4) is 0 Å². The third kappa shape index (κ3) is 3.87. The topological polar surface area (TPSA) is 74.4 Å². The molecule has 0 bridgehead atoms. The Morgan fingerprint density at radius 1 is 1.18 bits per heavy atom. The molecule has 3 aliphatic heterocycles. The smallest absolute Gasteiger partial charge is 0.317 e. The van der Waals surface area contributed by atoms with E-state index in [0.717, 1.165) is 31.6 Å². The molecule has 8 nitrogen and oxygen atoms in total. The Morgan fingerprint density at radius 3 is 2.64 bits per heavy atom. The molecule has 28 heavy (non-hydrogen) atoms. The minimum absolute atomic E-state index is 0.00363. The maximum atomic E-state index is 12.7. The Morgan fingerprint density at radius 2 is 1.89 bits per heavy atom. The molecule has 3 aliphatic rings. The normalized spacial score (nSPS) is 23.0. The van der Waals surface area contributed by atoms with Crippen molar-refractivity contribution in [3.8, 4) is 11.5 Å². The molecule has 8 heteroatoms. The van der Waals surface area contributed by atoms with Gasteiger partial charge in [-0.05, 0) is 45.1 Å². The number of urea groups is 1. The summed E-state index contributed by atoms with van der Waals surface area (Å²) < 4.78 is 11.2. The molecule has 3 amide bonds. The molecule has 4 rings (SSSR count). The van der Waals surface area contributed by atoms with Crippen molar-refractivity contribution in [2.45, 2.75) is 31.3 Å². The Hall–Kier alpha value is -2.48. The quantitative estimate of drug-likeness (QED) is 0.845. The molecule has 0 radical (unpaired) electrons. The number of hydrogen-bond acceptors (Lipinski definition) is 5. The second-order valence-corrected chi connectivity index (χ2v) is 7.83. The Kier molecular flexibility index (Phi) is 5.30. The first-order valence-electron chi connectivity index (χ1n) is 9.93. The highest BCUT2D eigenvalue weighted by molar-refractivity contribution is 5.97. The van der Waals surface area contributed by atoms with Gasteiger partial charge >= 0.3 is 6.03 Å². The zero-order chi connectivity index (χ0) is 19.7. The van der Waals surface area contributed by atoms with Gasteiger partial charge in [0.25, 0.3) is 0 Å². The van der Waals surface area contributed by atoms with E-state index in [0.29, 0.717) is 37.7 Å². The highest BCUT2D eigenvalue weighted by atomic mass is 16.6. The summed E-state index contributed by atoms with van der Waals surface area (Å²) in [5.74, 6) is 1.36. The molecule has 1 N–H and O–H groups in total. The molecule has 3 heterocycles. The fourth-order valence-corrected chi connectivity index (χ4v) is 4.08. The van der Waals surface area contributed by atoms with E-state index in [1.807, 2.05) is 25.2 Å². The second kappa shape index (κ2) is 7.87. The van der Waals surface area contributed by atoms with Crippen LogP contribution in [0, 0.1) is 0 Å². The first-order chi connectivity index (χ1) is 13.5. The number of fused-ring (bicyclic) bond motifs is 1. The summed E-state index contributed by atoms with van der Waals surface area (Å²) in [6.07, 6.45) is 2.27. The molecule has 2 fully saturated rings. The molecule has 152 valence electrons. The van der Waals surface area contributed by atoms with E-state index in [-0.39, 0.29) is 24.0 Å². The van der Waals surface area contributed by atoms with Crippen molar-refractivity contribution >= 4 is 17.6 Å². The monoisotopic (exact) mass is 388 g/mol. The van der Waals surface area contributed by atoms with Crippen molar-refractivity contribution in [1.29, 1.82) is 0 Å². The average Bonchev–Trinajstić information content (AvgIpc) is 3.07. The van der Waals surface area contributed by atoms with Crippen LogP contribution in [0.1, 0.15) is 19.3 Å². The molecule has 2 saturated heterocycles. The minimum atomic E-state index is -0.193. The van der Waals surface area contributed by atoms with Crippen LogP contribution in [0.4, 0.5) is 10.5 Å². The molecular formula is C20H28N4O4. The number of piperidine rings is 1. The van der Waals surface area contributed by atoms with Gasteiger partial charge in [-0.2, -0.15) is 0 Å². The summed E-state index contributed by atoms with van der Waals surface area (Å²) >= 11 is 0. The van der Waals surface area contributed by atoms with Crippen LogP contribution in [0.2, 0.25) is 0 Å². The van der Waals surface area contributed by atoms with Crippen molar-refractivity contribution < 1.29 is 19.1 Å². The summed E-state index contributed by atoms with van der Waals surface area (Å²) in [6, 6.07) is 5.48. The van der Waals surface area contributed by atoms with Gasteiger partial charge in [0.1, 0.15) is 13.2 Å². The lowest BCUT2D eigenvalue weighted by atomic mass is 10.0. The van der Waals surface area contributed by atoms with Gasteiger partial charge in [0, 0.05) is 37.8 Å². The summed E-state index contributed by atoms with van der Waals surface area (Å²) in [7, 11) is 3.95. The van der Waals surface area contributed by atoms with E-state index in [1.54, 1.807) is 9.80 Å². The van der Waals surface area contributed by atoms with Gasteiger partial charge in [-0.1, -0.05) is 0 Å².